The summed E-state index contributed by atoms with van der Waals surface area (Å²) in [6, 6.07) is 9.57. The van der Waals surface area contributed by atoms with Gasteiger partial charge in [0.2, 0.25) is 82.7 Å². The first kappa shape index (κ1) is 92.8. The van der Waals surface area contributed by atoms with Crippen LogP contribution in [0.25, 0.3) is 10.9 Å². The number of nitrogens with two attached hydrogens (primary N) is 4. The first-order chi connectivity index (χ1) is 54.9. The number of carbonyl (C=O) groups is 15. The van der Waals surface area contributed by atoms with Gasteiger partial charge in [-0.1, -0.05) is 131 Å². The highest BCUT2D eigenvalue weighted by Crippen LogP contribution is 2.25. The Kier molecular flexibility index (Phi) is 38.4. The van der Waals surface area contributed by atoms with E-state index in [2.05, 4.69) is 74.1 Å². The Morgan fingerprint density at radius 2 is 0.852 bits per heavy atom. The third-order valence-corrected chi connectivity index (χ3v) is 20.7. The third kappa shape index (κ3) is 30.7. The normalized spacial score (nSPS) is 23.7. The van der Waals surface area contributed by atoms with Crippen LogP contribution in [-0.2, 0) is 97.6 Å². The van der Waals surface area contributed by atoms with Gasteiger partial charge in [-0.05, 0) is 101 Å². The first-order valence-electron chi connectivity index (χ1n) is 37.4. The Hall–Kier alpha value is -11.1. The highest BCUT2D eigenvalue weighted by Gasteiger charge is 2.40. The molecule has 39 heteroatoms. The van der Waals surface area contributed by atoms with E-state index in [1.165, 1.54) is 6.92 Å². The molecule has 0 radical (unpaired) electrons. The molecule has 6 rings (SSSR count). The lowest BCUT2D eigenvalue weighted by molar-refractivity contribution is -0.142. The highest BCUT2D eigenvalue weighted by molar-refractivity contribution is 8.76. The molecule has 0 saturated carbocycles. The van der Waals surface area contributed by atoms with Gasteiger partial charge in [0.25, 0.3) is 0 Å². The smallest absolute Gasteiger partial charge is 0.327 e. The predicted molar refractivity (Wildman–Crippen MR) is 425 cm³/mol. The lowest BCUT2D eigenvalue weighted by Gasteiger charge is -2.29. The van der Waals surface area contributed by atoms with Crippen LogP contribution in [-0.4, -0.2) is 243 Å². The van der Waals surface area contributed by atoms with Crippen molar-refractivity contribution in [1.82, 2.24) is 74.1 Å². The average Bonchev–Trinajstić information content (AvgIpc) is 1.71. The number of carboxylic acids is 1. The summed E-state index contributed by atoms with van der Waals surface area (Å²) in [5.74, 6) is -17.7. The molecule has 5 unspecified atom stereocenters. The molecule has 37 nitrogen and oxygen atoms in total. The second-order valence-corrected chi connectivity index (χ2v) is 30.1. The number of H-pyrrole nitrogens is 1. The Bertz CT molecular complexity index is 4130. The topological polar surface area (TPSA) is 613 Å². The molecule has 15 atom stereocenters. The number of rotatable bonds is 26. The van der Waals surface area contributed by atoms with Crippen molar-refractivity contribution >= 4 is 121 Å². The van der Waals surface area contributed by atoms with E-state index in [1.807, 2.05) is 0 Å². The van der Waals surface area contributed by atoms with E-state index in [4.69, 9.17) is 22.9 Å². The number of hydrogen-bond acceptors (Lipinski definition) is 23. The SMILES string of the molecule is C[C@H](N)C(=O)NCC(=O)N[C@H]1CSSCC(C(=O)O)NC(=O)[C@H](CO)NC(=O)C([C@@H](C)O)NC(=O)[C@H](Cc2ccccc2)NC(=O)[C@H]([C@@H](C)O)NC(=O)C(CCCCN)NC(=O)[C@H](Cc2c[nH]c3ccccc23)NC(=O)C(Cc2ccccc2)NC(=O)[C@H](Cc2ccccc2)NC(=O)C(CC(N)=O)NC(=O)[C@H](CCCCN)NC1=O. The number of primary amides is 1. The number of aliphatic hydroxyl groups is 3. The molecule has 1 aliphatic heterocycles. The molecule has 0 spiro atoms. The third-order valence-electron chi connectivity index (χ3n) is 18.3. The van der Waals surface area contributed by atoms with Crippen molar-refractivity contribution < 1.29 is 92.3 Å². The van der Waals surface area contributed by atoms with Crippen LogP contribution in [0.15, 0.2) is 121 Å². The maximum atomic E-state index is 15.4. The number of fused-ring (bicyclic) bond motifs is 1. The standard InChI is InChI=1S/C76H104N18O19S2/c1-41(79)64(100)82-37-61(99)83-58-39-114-115-40-59(76(112)113)92-72(108)57(38-95)91-75(111)63(43(3)97)94-71(107)54(33-46-23-11-6-12-24-46)90-74(110)62(42(2)96)93-66(102)51(28-16-18-30-78)84-69(105)55(34-47-36-81-49-26-14-13-25-48(47)49)88-68(104)53(32-45-21-9-5-10-22-45)86-67(103)52(31-44-19-7-4-8-20-44)87-70(106)56(35-60(80)98)89-65(101)50(85-73(58)109)27-15-17-29-77/h4-14,19-26,36,41-43,50-59,62-63,81,95-97H,15-18,27-35,37-40,77-79H2,1-3H3,(H2,80,98)(H,82,100)(H,83,99)(H,84,105)(H,85,109)(H,86,103)(H,87,106)(H,88,104)(H,89,101)(H,90,110)(H,91,111)(H,92,108)(H,93,102)(H,94,107)(H,112,113)/t41-,42+,43+,50-,51?,52-,53?,54-,55-,56?,57-,58-,59?,62-,63?/m0/s1. The number of para-hydroxylation sites is 1. The molecule has 1 fully saturated rings. The number of carbonyl (C=O) groups excluding carboxylic acids is 14. The molecule has 624 valence electrons. The largest absolute Gasteiger partial charge is 0.480 e. The number of aromatic amines is 1. The summed E-state index contributed by atoms with van der Waals surface area (Å²) in [7, 11) is 1.49. The van der Waals surface area contributed by atoms with Gasteiger partial charge in [-0.15, -0.1) is 0 Å². The summed E-state index contributed by atoms with van der Waals surface area (Å²) in [5.41, 5.74) is 25.6. The molecule has 0 aliphatic carbocycles. The van der Waals surface area contributed by atoms with Crippen LogP contribution < -0.4 is 92.1 Å². The molecule has 2 heterocycles. The number of aromatic nitrogens is 1. The maximum absolute atomic E-state index is 15.4. The number of aliphatic hydroxyl groups excluding tert-OH is 3. The van der Waals surface area contributed by atoms with Crippen LogP contribution in [0.4, 0.5) is 0 Å². The Morgan fingerprint density at radius 3 is 1.30 bits per heavy atom. The van der Waals surface area contributed by atoms with Gasteiger partial charge in [-0.2, -0.15) is 0 Å². The fourth-order valence-corrected chi connectivity index (χ4v) is 14.3. The van der Waals surface area contributed by atoms with Crippen molar-refractivity contribution in [1.29, 1.82) is 0 Å². The number of aliphatic carboxylic acids is 1. The summed E-state index contributed by atoms with van der Waals surface area (Å²) < 4.78 is 0. The summed E-state index contributed by atoms with van der Waals surface area (Å²) in [6.07, 6.45) is -3.48. The molecule has 4 aromatic carbocycles. The van der Waals surface area contributed by atoms with Crippen molar-refractivity contribution in [3.8, 4) is 0 Å². The fraction of sp³-hybridized carbons (Fsp3) is 0.461. The Morgan fingerprint density at radius 1 is 0.470 bits per heavy atom. The minimum Gasteiger partial charge on any atom is -0.480 e. The van der Waals surface area contributed by atoms with Crippen LogP contribution in [0, 0.1) is 0 Å². The van der Waals surface area contributed by atoms with Crippen LogP contribution in [0.5, 0.6) is 0 Å². The molecular weight excluding hydrogens is 1530 g/mol. The molecule has 1 saturated heterocycles. The quantitative estimate of drug-likeness (QED) is 0.0182. The van der Waals surface area contributed by atoms with E-state index in [0.717, 1.165) is 35.4 Å². The van der Waals surface area contributed by atoms with Gasteiger partial charge >= 0.3 is 5.97 Å². The van der Waals surface area contributed by atoms with Crippen molar-refractivity contribution in [3.05, 3.63) is 144 Å². The van der Waals surface area contributed by atoms with Crippen LogP contribution in [0.1, 0.15) is 88.0 Å². The molecule has 14 amide bonds. The van der Waals surface area contributed by atoms with Gasteiger partial charge in [0.05, 0.1) is 37.8 Å². The predicted octanol–water partition coefficient (Wildman–Crippen LogP) is -4.91. The Balaban J connectivity index is 1.47. The number of amides is 14. The van der Waals surface area contributed by atoms with Crippen LogP contribution in [0.3, 0.4) is 0 Å². The fourth-order valence-electron chi connectivity index (χ4n) is 11.9. The van der Waals surface area contributed by atoms with Crippen molar-refractivity contribution in [2.45, 2.75) is 182 Å². The van der Waals surface area contributed by atoms with Gasteiger partial charge in [-0.3, -0.25) is 67.1 Å². The molecule has 0 bridgehead atoms. The molecular formula is C76H104N18O19S2. The van der Waals surface area contributed by atoms with Gasteiger partial charge < -0.3 is 117 Å². The average molecular weight is 1640 g/mol. The molecule has 5 aromatic rings. The van der Waals surface area contributed by atoms with E-state index in [1.54, 1.807) is 121 Å². The van der Waals surface area contributed by atoms with E-state index >= 15 is 14.4 Å². The second kappa shape index (κ2) is 47.6. The van der Waals surface area contributed by atoms with Crippen molar-refractivity contribution in [2.24, 2.45) is 22.9 Å². The zero-order valence-corrected chi connectivity index (χ0v) is 65.4. The number of benzene rings is 4. The van der Waals surface area contributed by atoms with E-state index in [9.17, 15) is 78.0 Å². The molecule has 1 aromatic heterocycles. The zero-order chi connectivity index (χ0) is 84.3. The zero-order valence-electron chi connectivity index (χ0n) is 63.8. The van der Waals surface area contributed by atoms with Gasteiger partial charge in [-0.25, -0.2) is 4.79 Å². The molecule has 26 N–H and O–H groups in total. The monoisotopic (exact) mass is 1640 g/mol. The van der Waals surface area contributed by atoms with E-state index in [0.29, 0.717) is 39.6 Å². The van der Waals surface area contributed by atoms with Crippen molar-refractivity contribution in [3.63, 3.8) is 0 Å². The lowest BCUT2D eigenvalue weighted by Crippen LogP contribution is -2.63. The molecule has 1 aliphatic rings. The lowest BCUT2D eigenvalue weighted by atomic mass is 10.00. The van der Waals surface area contributed by atoms with Crippen molar-refractivity contribution in [2.75, 3.05) is 37.7 Å². The number of carboxylic acid groups (broad SMARTS) is 1. The minimum absolute atomic E-state index is 0.104. The summed E-state index contributed by atoms with van der Waals surface area (Å²) in [6.45, 7) is 1.88. The van der Waals surface area contributed by atoms with E-state index in [-0.39, 0.29) is 70.9 Å². The molecule has 115 heavy (non-hydrogen) atoms. The summed E-state index contributed by atoms with van der Waals surface area (Å²) >= 11 is 0. The van der Waals surface area contributed by atoms with Crippen LogP contribution >= 0.6 is 21.6 Å². The van der Waals surface area contributed by atoms with Gasteiger partial charge in [0.1, 0.15) is 72.5 Å². The minimum atomic E-state index is -1.99. The number of unbranched alkanes of at least 4 members (excludes halogenated alkanes) is 2. The van der Waals surface area contributed by atoms with Crippen LogP contribution in [0.2, 0.25) is 0 Å². The second-order valence-electron chi connectivity index (χ2n) is 27.6. The Labute approximate surface area is 670 Å². The maximum Gasteiger partial charge on any atom is 0.327 e. The number of hydrogen-bond donors (Lipinski definition) is 22. The summed E-state index contributed by atoms with van der Waals surface area (Å²) in [4.78, 5) is 217. The van der Waals surface area contributed by atoms with Gasteiger partial charge in [0.15, 0.2) is 0 Å². The summed E-state index contributed by atoms with van der Waals surface area (Å²) in [5, 5.41) is 76.1. The van der Waals surface area contributed by atoms with E-state index < -0.39 is 210 Å². The highest BCUT2D eigenvalue weighted by atomic mass is 33.1. The van der Waals surface area contributed by atoms with Gasteiger partial charge in [0, 0.05) is 54.3 Å². The first-order valence-corrected chi connectivity index (χ1v) is 39.8. The number of nitrogens with one attached hydrogen (secondary N) is 14.